The summed E-state index contributed by atoms with van der Waals surface area (Å²) in [6.45, 7) is 1.36. The Morgan fingerprint density at radius 2 is 1.59 bits per heavy atom. The van der Waals surface area contributed by atoms with Gasteiger partial charge in [-0.3, -0.25) is 4.39 Å². The molecule has 0 amide bonds. The van der Waals surface area contributed by atoms with Crippen LogP contribution in [0.15, 0.2) is 48.8 Å². The number of nitrogens with two attached hydrogens (primary N) is 2. The van der Waals surface area contributed by atoms with E-state index in [1.165, 1.54) is 27.4 Å². The van der Waals surface area contributed by atoms with Crippen molar-refractivity contribution in [1.82, 2.24) is 9.55 Å². The summed E-state index contributed by atoms with van der Waals surface area (Å²) in [7, 11) is 1.03. The van der Waals surface area contributed by atoms with Crippen LogP contribution in [0, 0.1) is 0 Å². The van der Waals surface area contributed by atoms with Crippen molar-refractivity contribution < 1.29 is 5.76 Å². The monoisotopic (exact) mass is 437 g/mol. The standard InChI is InChI=1S/C11H13ClN2.C10H11ClN2.CH3F/c1-14-7-8(4-5-13)10-3-2-9(12)6-11(10)14;11-8-1-2-9-7(3-4-12)6-13-10(9)5-8;1-2/h2-3,6-7H,4-5,13H2,1H3;1-2,5-6,13H,3-4,12H2;1H3/i;;1D. The zero-order chi connectivity index (χ0) is 22.1. The van der Waals surface area contributed by atoms with E-state index in [1.807, 2.05) is 43.6 Å². The smallest absolute Gasteiger partial charge is 0.0785 e. The number of aromatic nitrogens is 2. The van der Waals surface area contributed by atoms with Gasteiger partial charge in [-0.25, -0.2) is 0 Å². The number of aromatic amines is 1. The number of nitrogens with zero attached hydrogens (tertiary/aromatic N) is 1. The average molecular weight is 438 g/mol. The zero-order valence-electron chi connectivity index (χ0n) is 17.4. The topological polar surface area (TPSA) is 72.8 Å². The molecule has 0 fully saturated rings. The Kier molecular flexibility index (Phi) is 8.38. The zero-order valence-corrected chi connectivity index (χ0v) is 17.9. The van der Waals surface area contributed by atoms with Crippen molar-refractivity contribution in [3.8, 4) is 0 Å². The van der Waals surface area contributed by atoms with Crippen LogP contribution < -0.4 is 11.5 Å². The molecule has 2 heterocycles. The number of H-pyrrole nitrogens is 1. The Balaban J connectivity index is 0.000000190. The predicted octanol–water partition coefficient (Wildman–Crippen LogP) is 5.24. The van der Waals surface area contributed by atoms with Crippen LogP contribution in [0.3, 0.4) is 0 Å². The van der Waals surface area contributed by atoms with Gasteiger partial charge in [-0.05, 0) is 61.3 Å². The number of nitrogens with one attached hydrogen (secondary N) is 1. The van der Waals surface area contributed by atoms with Gasteiger partial charge in [0.05, 0.1) is 8.52 Å². The van der Waals surface area contributed by atoms with Crippen molar-refractivity contribution >= 4 is 45.0 Å². The highest BCUT2D eigenvalue weighted by Crippen LogP contribution is 2.24. The third kappa shape index (κ3) is 5.73. The molecule has 7 heteroatoms. The molecular weight excluding hydrogens is 410 g/mol. The molecule has 0 saturated carbocycles. The van der Waals surface area contributed by atoms with Crippen molar-refractivity contribution in [2.24, 2.45) is 18.5 Å². The van der Waals surface area contributed by atoms with Gasteiger partial charge in [0.15, 0.2) is 0 Å². The van der Waals surface area contributed by atoms with E-state index < -0.39 is 7.15 Å². The second-order valence-electron chi connectivity index (χ2n) is 6.51. The number of aryl methyl sites for hydroxylation is 1. The minimum absolute atomic E-state index is 0.676. The van der Waals surface area contributed by atoms with Gasteiger partial charge >= 0.3 is 0 Å². The van der Waals surface area contributed by atoms with Crippen molar-refractivity contribution in [3.05, 3.63) is 70.0 Å². The lowest BCUT2D eigenvalue weighted by Crippen LogP contribution is -2.01. The highest BCUT2D eigenvalue weighted by Gasteiger charge is 2.05. The molecule has 0 aliphatic carbocycles. The van der Waals surface area contributed by atoms with Crippen molar-refractivity contribution in [3.63, 3.8) is 0 Å². The molecule has 0 atom stereocenters. The summed E-state index contributed by atoms with van der Waals surface area (Å²) in [6.07, 6.45) is 5.93. The van der Waals surface area contributed by atoms with E-state index >= 15 is 0 Å². The highest BCUT2D eigenvalue weighted by atomic mass is 35.5. The quantitative estimate of drug-likeness (QED) is 0.408. The maximum Gasteiger partial charge on any atom is 0.0785 e. The summed E-state index contributed by atoms with van der Waals surface area (Å²) < 4.78 is 17.6. The molecule has 0 unspecified atom stereocenters. The number of halogens is 3. The fourth-order valence-corrected chi connectivity index (χ4v) is 3.66. The summed E-state index contributed by atoms with van der Waals surface area (Å²) in [5.41, 5.74) is 15.9. The van der Waals surface area contributed by atoms with Crippen molar-refractivity contribution in [2.45, 2.75) is 12.8 Å². The molecule has 4 nitrogen and oxygen atoms in total. The van der Waals surface area contributed by atoms with E-state index in [0.717, 1.165) is 28.4 Å². The van der Waals surface area contributed by atoms with Gasteiger partial charge in [-0.2, -0.15) is 0 Å². The molecule has 0 radical (unpaired) electrons. The molecule has 29 heavy (non-hydrogen) atoms. The van der Waals surface area contributed by atoms with Crippen LogP contribution in [0.2, 0.25) is 10.0 Å². The molecule has 0 spiro atoms. The summed E-state index contributed by atoms with van der Waals surface area (Å²) in [5.74, 6) is 0. The fourth-order valence-electron chi connectivity index (χ4n) is 3.32. The average Bonchev–Trinajstić information content (AvgIpc) is 3.24. The maximum atomic E-state index is 9.96. The Bertz CT molecular complexity index is 1080. The molecule has 4 aromatic rings. The lowest BCUT2D eigenvalue weighted by atomic mass is 10.1. The molecule has 2 aromatic carbocycles. The van der Waals surface area contributed by atoms with E-state index in [-0.39, 0.29) is 0 Å². The van der Waals surface area contributed by atoms with Crippen molar-refractivity contribution in [1.29, 1.82) is 0 Å². The normalized spacial score (nSPS) is 10.9. The van der Waals surface area contributed by atoms with Crippen LogP contribution in [-0.4, -0.2) is 29.8 Å². The minimum Gasteiger partial charge on any atom is -0.361 e. The van der Waals surface area contributed by atoms with E-state index in [0.29, 0.717) is 13.1 Å². The van der Waals surface area contributed by atoms with Crippen LogP contribution in [-0.2, 0) is 19.9 Å². The van der Waals surface area contributed by atoms with Crippen LogP contribution in [0.25, 0.3) is 21.8 Å². The number of fused-ring (bicyclic) bond motifs is 2. The lowest BCUT2D eigenvalue weighted by Gasteiger charge is -1.96. The predicted molar refractivity (Wildman–Crippen MR) is 124 cm³/mol. The van der Waals surface area contributed by atoms with Gasteiger partial charge in [-0.1, -0.05) is 35.3 Å². The second kappa shape index (κ2) is 11.2. The molecule has 4 rings (SSSR count). The Morgan fingerprint density at radius 1 is 1.00 bits per heavy atom. The van der Waals surface area contributed by atoms with Gasteiger partial charge < -0.3 is 21.0 Å². The van der Waals surface area contributed by atoms with Crippen molar-refractivity contribution in [2.75, 3.05) is 20.2 Å². The van der Waals surface area contributed by atoms with Gasteiger partial charge in [0.25, 0.3) is 0 Å². The number of rotatable bonds is 4. The van der Waals surface area contributed by atoms with Gasteiger partial charge in [-0.15, -0.1) is 0 Å². The fraction of sp³-hybridized carbons (Fsp3) is 0.273. The van der Waals surface area contributed by atoms with Gasteiger partial charge in [0, 0.05) is 51.3 Å². The number of alkyl halides is 1. The van der Waals surface area contributed by atoms with Gasteiger partial charge in [0.1, 0.15) is 0 Å². The molecular formula is C22H27Cl2FN4. The highest BCUT2D eigenvalue weighted by molar-refractivity contribution is 6.31. The number of hydrogen-bond acceptors (Lipinski definition) is 2. The minimum atomic E-state index is -1.00. The van der Waals surface area contributed by atoms with E-state index in [9.17, 15) is 4.39 Å². The molecule has 5 N–H and O–H groups in total. The maximum absolute atomic E-state index is 9.96. The Hall–Kier alpha value is -2.05. The second-order valence-corrected chi connectivity index (χ2v) is 7.38. The van der Waals surface area contributed by atoms with Crippen LogP contribution in [0.4, 0.5) is 4.39 Å². The van der Waals surface area contributed by atoms with Gasteiger partial charge in [0.2, 0.25) is 0 Å². The third-order valence-electron chi connectivity index (χ3n) is 4.59. The first kappa shape index (κ1) is 21.7. The largest absolute Gasteiger partial charge is 0.361 e. The number of benzene rings is 2. The molecule has 2 aromatic heterocycles. The molecule has 0 saturated heterocycles. The first-order chi connectivity index (χ1) is 14.4. The van der Waals surface area contributed by atoms with Crippen LogP contribution in [0.1, 0.15) is 12.5 Å². The summed E-state index contributed by atoms with van der Waals surface area (Å²) in [5, 5.41) is 4.00. The molecule has 0 aliphatic heterocycles. The Labute approximate surface area is 182 Å². The summed E-state index contributed by atoms with van der Waals surface area (Å²) in [4.78, 5) is 3.17. The van der Waals surface area contributed by atoms with Crippen LogP contribution >= 0.6 is 23.2 Å². The first-order valence-corrected chi connectivity index (χ1v) is 9.95. The van der Waals surface area contributed by atoms with E-state index in [1.54, 1.807) is 0 Å². The lowest BCUT2D eigenvalue weighted by molar-refractivity contribution is 0.636. The molecule has 0 aliphatic rings. The number of hydrogen-bond donors (Lipinski definition) is 3. The third-order valence-corrected chi connectivity index (χ3v) is 5.06. The summed E-state index contributed by atoms with van der Waals surface area (Å²) in [6, 6.07) is 11.8. The molecule has 156 valence electrons. The van der Waals surface area contributed by atoms with E-state index in [2.05, 4.69) is 21.8 Å². The van der Waals surface area contributed by atoms with E-state index in [4.69, 9.17) is 36.0 Å². The first-order valence-electron chi connectivity index (χ1n) is 9.90. The molecule has 0 bridgehead atoms. The van der Waals surface area contributed by atoms with Crippen LogP contribution in [0.5, 0.6) is 0 Å². The SMILES string of the molecule is Cn1cc(CCN)c2ccc(Cl)cc21.NCCc1c[nH]c2cc(Cl)ccc12.[2H]CF. The Morgan fingerprint density at radius 3 is 2.24 bits per heavy atom. The summed E-state index contributed by atoms with van der Waals surface area (Å²) >= 11 is 11.8.